The number of nitrogens with one attached hydrogen (secondary N) is 1. The lowest BCUT2D eigenvalue weighted by Gasteiger charge is -2.04. The molecule has 0 atom stereocenters. The Morgan fingerprint density at radius 1 is 0.950 bits per heavy atom. The van der Waals surface area contributed by atoms with Crippen molar-refractivity contribution in [3.63, 3.8) is 0 Å². The molecule has 2 heterocycles. The molecular weight excluding hydrogens is 248 g/mol. The van der Waals surface area contributed by atoms with E-state index in [9.17, 15) is 0 Å². The monoisotopic (exact) mass is 266 g/mol. The third-order valence-electron chi connectivity index (χ3n) is 2.82. The van der Waals surface area contributed by atoms with E-state index in [0.29, 0.717) is 5.95 Å². The van der Waals surface area contributed by atoms with Crippen molar-refractivity contribution < 1.29 is 0 Å². The third kappa shape index (κ3) is 2.91. The van der Waals surface area contributed by atoms with Crippen LogP contribution in [0.25, 0.3) is 22.0 Å². The molecule has 3 rings (SSSR count). The largest absolute Gasteiger partial charge is 0.357 e. The van der Waals surface area contributed by atoms with Crippen LogP contribution in [-0.4, -0.2) is 22.0 Å². The Bertz CT molecular complexity index is 680. The minimum Gasteiger partial charge on any atom is -0.357 e. The predicted octanol–water partition coefficient (Wildman–Crippen LogP) is 3.76. The lowest BCUT2D eigenvalue weighted by atomic mass is 10.1. The molecule has 0 saturated heterocycles. The van der Waals surface area contributed by atoms with E-state index in [1.54, 1.807) is 12.4 Å². The van der Waals surface area contributed by atoms with Crippen LogP contribution in [0.2, 0.25) is 0 Å². The van der Waals surface area contributed by atoms with Crippen LogP contribution < -0.4 is 5.32 Å². The molecule has 0 unspecified atom stereocenters. The van der Waals surface area contributed by atoms with Crippen LogP contribution >= 0.6 is 0 Å². The molecule has 0 spiro atoms. The Balaban J connectivity index is 0.000000704. The first kappa shape index (κ1) is 13.9. The highest BCUT2D eigenvalue weighted by atomic mass is 15.1. The quantitative estimate of drug-likeness (QED) is 0.767. The van der Waals surface area contributed by atoms with Crippen LogP contribution in [0.15, 0.2) is 48.9 Å². The Kier molecular flexibility index (Phi) is 4.60. The second-order valence-corrected chi connectivity index (χ2v) is 3.95. The molecule has 1 N–H and O–H groups in total. The average molecular weight is 266 g/mol. The van der Waals surface area contributed by atoms with Crippen molar-refractivity contribution in [3.05, 3.63) is 48.9 Å². The Morgan fingerprint density at radius 3 is 2.40 bits per heavy atom. The van der Waals surface area contributed by atoms with Crippen molar-refractivity contribution in [2.24, 2.45) is 0 Å². The molecule has 0 bridgehead atoms. The van der Waals surface area contributed by atoms with Gasteiger partial charge in [0.15, 0.2) is 0 Å². The molecule has 2 aromatic heterocycles. The number of rotatable bonds is 2. The second-order valence-electron chi connectivity index (χ2n) is 3.95. The highest BCUT2D eigenvalue weighted by Crippen LogP contribution is 2.23. The Hall–Kier alpha value is -2.49. The van der Waals surface area contributed by atoms with Crippen molar-refractivity contribution in [1.29, 1.82) is 0 Å². The number of fused-ring (bicyclic) bond motifs is 1. The van der Waals surface area contributed by atoms with E-state index < -0.39 is 0 Å². The molecule has 0 amide bonds. The fourth-order valence-corrected chi connectivity index (χ4v) is 1.88. The van der Waals surface area contributed by atoms with Gasteiger partial charge < -0.3 is 5.32 Å². The number of hydrogen-bond acceptors (Lipinski definition) is 4. The minimum absolute atomic E-state index is 0.638. The average Bonchev–Trinajstić information content (AvgIpc) is 2.56. The van der Waals surface area contributed by atoms with Crippen LogP contribution in [0.1, 0.15) is 13.8 Å². The lowest BCUT2D eigenvalue weighted by molar-refractivity contribution is 1.19. The van der Waals surface area contributed by atoms with Crippen molar-refractivity contribution >= 4 is 16.9 Å². The molecule has 0 aliphatic heterocycles. The molecule has 4 heteroatoms. The van der Waals surface area contributed by atoms with Crippen LogP contribution in [0.4, 0.5) is 5.95 Å². The van der Waals surface area contributed by atoms with Gasteiger partial charge in [0.25, 0.3) is 0 Å². The van der Waals surface area contributed by atoms with E-state index in [0.717, 1.165) is 22.0 Å². The summed E-state index contributed by atoms with van der Waals surface area (Å²) < 4.78 is 0. The van der Waals surface area contributed by atoms with Gasteiger partial charge in [0.05, 0.1) is 5.52 Å². The van der Waals surface area contributed by atoms with E-state index in [1.165, 1.54) is 0 Å². The van der Waals surface area contributed by atoms with Crippen LogP contribution in [0.3, 0.4) is 0 Å². The number of hydrogen-bond donors (Lipinski definition) is 1. The van der Waals surface area contributed by atoms with Gasteiger partial charge in [-0.25, -0.2) is 9.97 Å². The number of anilines is 1. The summed E-state index contributed by atoms with van der Waals surface area (Å²) in [6.45, 7) is 4.00. The molecule has 4 nitrogen and oxygen atoms in total. The third-order valence-corrected chi connectivity index (χ3v) is 2.82. The molecule has 3 aromatic rings. The first-order valence-corrected chi connectivity index (χ1v) is 6.72. The molecule has 0 aliphatic rings. The van der Waals surface area contributed by atoms with Gasteiger partial charge in [-0.15, -0.1) is 0 Å². The summed E-state index contributed by atoms with van der Waals surface area (Å²) in [5.41, 5.74) is 3.22. The van der Waals surface area contributed by atoms with Crippen LogP contribution in [0, 0.1) is 0 Å². The summed E-state index contributed by atoms with van der Waals surface area (Å²) >= 11 is 0. The first-order chi connectivity index (χ1) is 9.86. The fourth-order valence-electron chi connectivity index (χ4n) is 1.88. The lowest BCUT2D eigenvalue weighted by Crippen LogP contribution is -1.95. The van der Waals surface area contributed by atoms with Crippen LogP contribution in [0.5, 0.6) is 0 Å². The molecule has 0 radical (unpaired) electrons. The normalized spacial score (nSPS) is 9.75. The predicted molar refractivity (Wildman–Crippen MR) is 83.7 cm³/mol. The van der Waals surface area contributed by atoms with Gasteiger partial charge >= 0.3 is 0 Å². The zero-order valence-electron chi connectivity index (χ0n) is 12.0. The standard InChI is InChI=1S/C14H12N4.C2H6/c1-15-14-17-9-12-8-11(2-3-13(12)18-14)10-4-6-16-7-5-10;1-2/h2-9H,1H3,(H,15,17,18);1-2H3. The van der Waals surface area contributed by atoms with E-state index in [-0.39, 0.29) is 0 Å². The van der Waals surface area contributed by atoms with E-state index in [2.05, 4.69) is 32.4 Å². The number of benzene rings is 1. The van der Waals surface area contributed by atoms with Gasteiger partial charge in [0, 0.05) is 31.0 Å². The summed E-state index contributed by atoms with van der Waals surface area (Å²) in [7, 11) is 1.81. The van der Waals surface area contributed by atoms with Gasteiger partial charge in [0.1, 0.15) is 0 Å². The Labute approximate surface area is 118 Å². The van der Waals surface area contributed by atoms with Gasteiger partial charge in [-0.05, 0) is 35.4 Å². The summed E-state index contributed by atoms with van der Waals surface area (Å²) in [5, 5.41) is 3.97. The van der Waals surface area contributed by atoms with Gasteiger partial charge in [0.2, 0.25) is 5.95 Å². The van der Waals surface area contributed by atoms with Crippen molar-refractivity contribution in [1.82, 2.24) is 15.0 Å². The minimum atomic E-state index is 0.638. The van der Waals surface area contributed by atoms with Gasteiger partial charge in [-0.3, -0.25) is 4.98 Å². The highest BCUT2D eigenvalue weighted by molar-refractivity contribution is 5.84. The highest BCUT2D eigenvalue weighted by Gasteiger charge is 2.01. The molecule has 102 valence electrons. The number of nitrogens with zero attached hydrogens (tertiary/aromatic N) is 3. The maximum absolute atomic E-state index is 4.39. The van der Waals surface area contributed by atoms with Crippen molar-refractivity contribution in [2.45, 2.75) is 13.8 Å². The maximum Gasteiger partial charge on any atom is 0.222 e. The smallest absolute Gasteiger partial charge is 0.222 e. The summed E-state index contributed by atoms with van der Waals surface area (Å²) in [4.78, 5) is 12.6. The molecule has 0 fully saturated rings. The van der Waals surface area contributed by atoms with E-state index in [4.69, 9.17) is 0 Å². The molecular formula is C16H18N4. The topological polar surface area (TPSA) is 50.7 Å². The molecule has 0 aliphatic carbocycles. The molecule has 20 heavy (non-hydrogen) atoms. The number of aromatic nitrogens is 3. The fraction of sp³-hybridized carbons (Fsp3) is 0.188. The van der Waals surface area contributed by atoms with Crippen molar-refractivity contribution in [2.75, 3.05) is 12.4 Å². The SMILES string of the molecule is CC.CNc1ncc2cc(-c3ccncc3)ccc2n1. The summed E-state index contributed by atoms with van der Waals surface area (Å²) in [5.74, 6) is 0.638. The van der Waals surface area contributed by atoms with Gasteiger partial charge in [-0.2, -0.15) is 0 Å². The number of pyridine rings is 1. The zero-order chi connectivity index (χ0) is 14.4. The zero-order valence-corrected chi connectivity index (χ0v) is 12.0. The molecule has 0 saturated carbocycles. The van der Waals surface area contributed by atoms with E-state index in [1.807, 2.05) is 45.3 Å². The van der Waals surface area contributed by atoms with Crippen molar-refractivity contribution in [3.8, 4) is 11.1 Å². The van der Waals surface area contributed by atoms with Crippen LogP contribution in [-0.2, 0) is 0 Å². The van der Waals surface area contributed by atoms with E-state index >= 15 is 0 Å². The first-order valence-electron chi connectivity index (χ1n) is 6.72. The van der Waals surface area contributed by atoms with Gasteiger partial charge in [-0.1, -0.05) is 19.9 Å². The second kappa shape index (κ2) is 6.61. The Morgan fingerprint density at radius 2 is 1.70 bits per heavy atom. The maximum atomic E-state index is 4.39. The summed E-state index contributed by atoms with van der Waals surface area (Å²) in [6.07, 6.45) is 5.42. The summed E-state index contributed by atoms with van der Waals surface area (Å²) in [6, 6.07) is 10.1. The molecule has 1 aromatic carbocycles.